The van der Waals surface area contributed by atoms with E-state index in [1.807, 2.05) is 46.0 Å². The first-order chi connectivity index (χ1) is 11.4. The quantitative estimate of drug-likeness (QED) is 0.936. The Morgan fingerprint density at radius 2 is 2.12 bits per heavy atom. The molecule has 0 bridgehead atoms. The number of aryl methyl sites for hydroxylation is 2. The number of anilines is 1. The van der Waals surface area contributed by atoms with Gasteiger partial charge in [0.05, 0.1) is 18.9 Å². The molecule has 1 atom stereocenters. The average Bonchev–Trinajstić information content (AvgIpc) is 2.80. The van der Waals surface area contributed by atoms with E-state index >= 15 is 0 Å². The molecule has 1 aromatic heterocycles. The Kier molecular flexibility index (Phi) is 4.22. The standard InChI is InChI=1S/C18H23N3O3/c1-10(2)24-17-12(7-6-8-14(17)23-5)13-9-15(22)19-18-16(13)11(3)20-21(18)4/h6-8,10,13H,9H2,1-5H3,(H,19,22)/t13-/m0/s1. The lowest BCUT2D eigenvalue weighted by atomic mass is 9.85. The molecule has 0 aliphatic carbocycles. The molecule has 128 valence electrons. The van der Waals surface area contributed by atoms with Crippen LogP contribution in [0.1, 0.15) is 43.0 Å². The summed E-state index contributed by atoms with van der Waals surface area (Å²) in [5.41, 5.74) is 2.91. The smallest absolute Gasteiger partial charge is 0.226 e. The SMILES string of the molecule is COc1cccc([C@@H]2CC(=O)Nc3c2c(C)nn3C)c1OC(C)C. The number of carbonyl (C=O) groups excluding carboxylic acids is 1. The van der Waals surface area contributed by atoms with Gasteiger partial charge in [0, 0.05) is 30.5 Å². The van der Waals surface area contributed by atoms with Crippen molar-refractivity contribution in [3.63, 3.8) is 0 Å². The molecule has 2 aromatic rings. The Bertz CT molecular complexity index is 780. The molecular formula is C18H23N3O3. The molecule has 1 amide bonds. The number of aromatic nitrogens is 2. The van der Waals surface area contributed by atoms with E-state index in [1.165, 1.54) is 0 Å². The zero-order chi connectivity index (χ0) is 17.4. The van der Waals surface area contributed by atoms with Gasteiger partial charge in [-0.25, -0.2) is 0 Å². The van der Waals surface area contributed by atoms with E-state index in [-0.39, 0.29) is 17.9 Å². The Balaban J connectivity index is 2.18. The molecule has 0 spiro atoms. The zero-order valence-corrected chi connectivity index (χ0v) is 14.7. The van der Waals surface area contributed by atoms with Gasteiger partial charge < -0.3 is 14.8 Å². The van der Waals surface area contributed by atoms with Crippen molar-refractivity contribution in [1.82, 2.24) is 9.78 Å². The average molecular weight is 329 g/mol. The lowest BCUT2D eigenvalue weighted by Crippen LogP contribution is -2.25. The molecule has 24 heavy (non-hydrogen) atoms. The molecule has 6 nitrogen and oxygen atoms in total. The van der Waals surface area contributed by atoms with E-state index < -0.39 is 0 Å². The van der Waals surface area contributed by atoms with E-state index in [0.717, 1.165) is 22.6 Å². The summed E-state index contributed by atoms with van der Waals surface area (Å²) in [6, 6.07) is 5.81. The van der Waals surface area contributed by atoms with Crippen LogP contribution in [0.3, 0.4) is 0 Å². The van der Waals surface area contributed by atoms with Gasteiger partial charge in [-0.2, -0.15) is 5.10 Å². The van der Waals surface area contributed by atoms with Gasteiger partial charge >= 0.3 is 0 Å². The first-order valence-corrected chi connectivity index (χ1v) is 8.09. The molecule has 1 aliphatic rings. The summed E-state index contributed by atoms with van der Waals surface area (Å²) in [7, 11) is 3.46. The third-order valence-electron chi connectivity index (χ3n) is 4.22. The van der Waals surface area contributed by atoms with Gasteiger partial charge in [-0.1, -0.05) is 12.1 Å². The topological polar surface area (TPSA) is 65.4 Å². The fourth-order valence-electron chi connectivity index (χ4n) is 3.31. The molecule has 0 unspecified atom stereocenters. The Morgan fingerprint density at radius 1 is 1.38 bits per heavy atom. The number of rotatable bonds is 4. The summed E-state index contributed by atoms with van der Waals surface area (Å²) in [6.45, 7) is 5.92. The molecule has 0 saturated carbocycles. The first-order valence-electron chi connectivity index (χ1n) is 8.09. The predicted octanol–water partition coefficient (Wildman–Crippen LogP) is 3.00. The maximum absolute atomic E-state index is 12.2. The van der Waals surface area contributed by atoms with Gasteiger partial charge in [0.15, 0.2) is 11.5 Å². The molecular weight excluding hydrogens is 306 g/mol. The number of methoxy groups -OCH3 is 1. The van der Waals surface area contributed by atoms with Crippen molar-refractivity contribution in [2.45, 2.75) is 39.2 Å². The van der Waals surface area contributed by atoms with Crippen LogP contribution in [0.5, 0.6) is 11.5 Å². The van der Waals surface area contributed by atoms with E-state index in [0.29, 0.717) is 17.9 Å². The van der Waals surface area contributed by atoms with Gasteiger partial charge in [0.1, 0.15) is 5.82 Å². The van der Waals surface area contributed by atoms with Crippen LogP contribution in [-0.2, 0) is 11.8 Å². The van der Waals surface area contributed by atoms with E-state index in [4.69, 9.17) is 9.47 Å². The van der Waals surface area contributed by atoms with Crippen LogP contribution in [0.25, 0.3) is 0 Å². The molecule has 0 fully saturated rings. The molecule has 6 heteroatoms. The van der Waals surface area contributed by atoms with E-state index in [9.17, 15) is 4.79 Å². The lowest BCUT2D eigenvalue weighted by Gasteiger charge is -2.27. The number of para-hydroxylation sites is 1. The number of amides is 1. The zero-order valence-electron chi connectivity index (χ0n) is 14.7. The molecule has 3 rings (SSSR count). The summed E-state index contributed by atoms with van der Waals surface area (Å²) in [5, 5.41) is 7.39. The number of fused-ring (bicyclic) bond motifs is 1. The van der Waals surface area contributed by atoms with Crippen LogP contribution in [0.4, 0.5) is 5.82 Å². The Labute approximate surface area is 141 Å². The number of ether oxygens (including phenoxy) is 2. The van der Waals surface area contributed by atoms with Crippen LogP contribution < -0.4 is 14.8 Å². The molecule has 1 aromatic carbocycles. The number of nitrogens with one attached hydrogen (secondary N) is 1. The summed E-state index contributed by atoms with van der Waals surface area (Å²) in [4.78, 5) is 12.2. The van der Waals surface area contributed by atoms with Gasteiger partial charge in [-0.15, -0.1) is 0 Å². The van der Waals surface area contributed by atoms with Crippen molar-refractivity contribution in [3.8, 4) is 11.5 Å². The molecule has 1 aliphatic heterocycles. The minimum Gasteiger partial charge on any atom is -0.493 e. The van der Waals surface area contributed by atoms with Crippen molar-refractivity contribution >= 4 is 11.7 Å². The van der Waals surface area contributed by atoms with Gasteiger partial charge in [-0.3, -0.25) is 9.48 Å². The highest BCUT2D eigenvalue weighted by Gasteiger charge is 2.34. The molecule has 0 radical (unpaired) electrons. The minimum atomic E-state index is -0.105. The second-order valence-electron chi connectivity index (χ2n) is 6.32. The normalized spacial score (nSPS) is 16.8. The van der Waals surface area contributed by atoms with Gasteiger partial charge in [-0.05, 0) is 26.8 Å². The van der Waals surface area contributed by atoms with E-state index in [1.54, 1.807) is 11.8 Å². The maximum Gasteiger partial charge on any atom is 0.226 e. The number of benzene rings is 1. The van der Waals surface area contributed by atoms with Crippen LogP contribution in [0.2, 0.25) is 0 Å². The summed E-state index contributed by atoms with van der Waals surface area (Å²) >= 11 is 0. The second kappa shape index (κ2) is 6.19. The number of hydrogen-bond acceptors (Lipinski definition) is 4. The lowest BCUT2D eigenvalue weighted by molar-refractivity contribution is -0.116. The van der Waals surface area contributed by atoms with Crippen LogP contribution in [0.15, 0.2) is 18.2 Å². The predicted molar refractivity (Wildman–Crippen MR) is 91.8 cm³/mol. The highest BCUT2D eigenvalue weighted by Crippen LogP contribution is 2.45. The largest absolute Gasteiger partial charge is 0.493 e. The Morgan fingerprint density at radius 3 is 2.79 bits per heavy atom. The second-order valence-corrected chi connectivity index (χ2v) is 6.32. The van der Waals surface area contributed by atoms with Gasteiger partial charge in [0.25, 0.3) is 0 Å². The fraction of sp³-hybridized carbons (Fsp3) is 0.444. The minimum absolute atomic E-state index is 0.00642. The molecule has 1 N–H and O–H groups in total. The van der Waals surface area contributed by atoms with Crippen molar-refractivity contribution in [3.05, 3.63) is 35.0 Å². The summed E-state index contributed by atoms with van der Waals surface area (Å²) < 4.78 is 13.2. The summed E-state index contributed by atoms with van der Waals surface area (Å²) in [5.74, 6) is 2.01. The maximum atomic E-state index is 12.2. The van der Waals surface area contributed by atoms with Crippen LogP contribution in [-0.4, -0.2) is 28.9 Å². The third-order valence-corrected chi connectivity index (χ3v) is 4.22. The molecule has 0 saturated heterocycles. The fourth-order valence-corrected chi connectivity index (χ4v) is 3.31. The number of nitrogens with zero attached hydrogens (tertiary/aromatic N) is 2. The third kappa shape index (κ3) is 2.72. The number of carbonyl (C=O) groups is 1. The van der Waals surface area contributed by atoms with Crippen molar-refractivity contribution < 1.29 is 14.3 Å². The monoisotopic (exact) mass is 329 g/mol. The summed E-state index contributed by atoms with van der Waals surface area (Å²) in [6.07, 6.45) is 0.369. The highest BCUT2D eigenvalue weighted by atomic mass is 16.5. The van der Waals surface area contributed by atoms with Crippen LogP contribution in [0, 0.1) is 6.92 Å². The van der Waals surface area contributed by atoms with E-state index in [2.05, 4.69) is 10.4 Å². The first kappa shape index (κ1) is 16.4. The van der Waals surface area contributed by atoms with Crippen molar-refractivity contribution in [2.24, 2.45) is 7.05 Å². The molecule has 2 heterocycles. The Hall–Kier alpha value is -2.50. The van der Waals surface area contributed by atoms with Crippen molar-refractivity contribution in [2.75, 3.05) is 12.4 Å². The van der Waals surface area contributed by atoms with Crippen LogP contribution >= 0.6 is 0 Å². The van der Waals surface area contributed by atoms with Crippen molar-refractivity contribution in [1.29, 1.82) is 0 Å². The number of hydrogen-bond donors (Lipinski definition) is 1. The highest BCUT2D eigenvalue weighted by molar-refractivity contribution is 5.94. The van der Waals surface area contributed by atoms with Gasteiger partial charge in [0.2, 0.25) is 5.91 Å².